The van der Waals surface area contributed by atoms with Gasteiger partial charge in [0.25, 0.3) is 0 Å². The van der Waals surface area contributed by atoms with Crippen LogP contribution in [0.25, 0.3) is 0 Å². The van der Waals surface area contributed by atoms with Crippen molar-refractivity contribution in [3.05, 3.63) is 0 Å². The van der Waals surface area contributed by atoms with E-state index in [4.69, 9.17) is 4.74 Å². The Labute approximate surface area is 136 Å². The largest absolute Gasteiger partial charge is 0.446 e. The van der Waals surface area contributed by atoms with E-state index in [1.54, 1.807) is 0 Å². The van der Waals surface area contributed by atoms with Crippen molar-refractivity contribution in [1.82, 2.24) is 5.32 Å². The van der Waals surface area contributed by atoms with Gasteiger partial charge in [-0.1, -0.05) is 54.4 Å². The van der Waals surface area contributed by atoms with Gasteiger partial charge in [-0.2, -0.15) is 0 Å². The minimum atomic E-state index is -0.478. The first-order chi connectivity index (χ1) is 10.3. The van der Waals surface area contributed by atoms with Crippen LogP contribution in [0.2, 0.25) is 0 Å². The number of carbonyl (C=O) groups is 2. The number of ether oxygens (including phenoxy) is 1. The van der Waals surface area contributed by atoms with Gasteiger partial charge in [-0.15, -0.1) is 0 Å². The molecule has 0 aromatic heterocycles. The van der Waals surface area contributed by atoms with E-state index in [9.17, 15) is 9.59 Å². The third-order valence-corrected chi connectivity index (χ3v) is 3.62. The smallest absolute Gasteiger partial charge is 0.408 e. The first-order valence-electron chi connectivity index (χ1n) is 8.76. The topological polar surface area (TPSA) is 55.4 Å². The Bertz CT molecular complexity index is 328. The lowest BCUT2D eigenvalue weighted by Gasteiger charge is -2.31. The molecule has 0 aromatic rings. The molecular weight excluding hydrogens is 278 g/mol. The van der Waals surface area contributed by atoms with Crippen LogP contribution in [-0.4, -0.2) is 24.0 Å². The van der Waals surface area contributed by atoms with Crippen molar-refractivity contribution in [3.8, 4) is 0 Å². The molecule has 0 bridgehead atoms. The average Bonchev–Trinajstić information content (AvgIpc) is 2.45. The van der Waals surface area contributed by atoms with Gasteiger partial charge in [0.15, 0.2) is 5.78 Å². The molecule has 130 valence electrons. The van der Waals surface area contributed by atoms with Crippen LogP contribution in [0.5, 0.6) is 0 Å². The van der Waals surface area contributed by atoms with Crippen LogP contribution in [0.4, 0.5) is 4.79 Å². The molecule has 4 nitrogen and oxygen atoms in total. The third kappa shape index (κ3) is 8.40. The predicted octanol–water partition coefficient (Wildman–Crippen LogP) is 4.86. The Morgan fingerprint density at radius 2 is 1.59 bits per heavy atom. The van der Waals surface area contributed by atoms with Crippen LogP contribution in [0.3, 0.4) is 0 Å². The van der Waals surface area contributed by atoms with Gasteiger partial charge >= 0.3 is 6.09 Å². The zero-order valence-electron chi connectivity index (χ0n) is 15.3. The molecule has 1 atom stereocenters. The zero-order chi connectivity index (χ0) is 17.2. The van der Waals surface area contributed by atoms with E-state index in [2.05, 4.69) is 19.2 Å². The molecule has 0 radical (unpaired) electrons. The molecule has 0 spiro atoms. The van der Waals surface area contributed by atoms with E-state index in [0.717, 1.165) is 25.7 Å². The molecule has 1 fully saturated rings. The van der Waals surface area contributed by atoms with Crippen LogP contribution >= 0.6 is 0 Å². The highest BCUT2D eigenvalue weighted by molar-refractivity contribution is 5.87. The van der Waals surface area contributed by atoms with Gasteiger partial charge in [0.2, 0.25) is 0 Å². The SMILES string of the molecule is CCC.CCC(=O)C(NC(=O)OC1CCCCC1)C(C)(C)C. The van der Waals surface area contributed by atoms with E-state index in [-0.39, 0.29) is 17.3 Å². The van der Waals surface area contributed by atoms with E-state index in [0.29, 0.717) is 6.42 Å². The van der Waals surface area contributed by atoms with Gasteiger partial charge < -0.3 is 10.1 Å². The monoisotopic (exact) mass is 313 g/mol. The molecule has 0 aromatic carbocycles. The number of nitrogens with one attached hydrogen (secondary N) is 1. The summed E-state index contributed by atoms with van der Waals surface area (Å²) in [7, 11) is 0. The molecule has 1 aliphatic rings. The predicted molar refractivity (Wildman–Crippen MR) is 91.0 cm³/mol. The van der Waals surface area contributed by atoms with Crippen molar-refractivity contribution in [3.63, 3.8) is 0 Å². The van der Waals surface area contributed by atoms with Gasteiger partial charge in [0.1, 0.15) is 6.10 Å². The van der Waals surface area contributed by atoms with Crippen LogP contribution in [0, 0.1) is 5.41 Å². The lowest BCUT2D eigenvalue weighted by molar-refractivity contribution is -0.123. The number of hydrogen-bond acceptors (Lipinski definition) is 3. The second-order valence-electron chi connectivity index (χ2n) is 7.14. The van der Waals surface area contributed by atoms with Crippen LogP contribution < -0.4 is 5.32 Å². The van der Waals surface area contributed by atoms with Gasteiger partial charge in [-0.3, -0.25) is 4.79 Å². The first kappa shape index (κ1) is 20.9. The molecule has 1 N–H and O–H groups in total. The fourth-order valence-electron chi connectivity index (χ4n) is 2.47. The molecular formula is C18H35NO3. The van der Waals surface area contributed by atoms with Gasteiger partial charge in [-0.05, 0) is 31.1 Å². The van der Waals surface area contributed by atoms with Crippen molar-refractivity contribution in [2.45, 2.75) is 98.6 Å². The van der Waals surface area contributed by atoms with E-state index >= 15 is 0 Å². The highest BCUT2D eigenvalue weighted by Gasteiger charge is 2.32. The quantitative estimate of drug-likeness (QED) is 0.806. The number of amides is 1. The minimum absolute atomic E-state index is 0.0195. The van der Waals surface area contributed by atoms with E-state index < -0.39 is 12.1 Å². The number of carbonyl (C=O) groups excluding carboxylic acids is 2. The summed E-state index contributed by atoms with van der Waals surface area (Å²) in [6.45, 7) is 11.9. The van der Waals surface area contributed by atoms with Crippen molar-refractivity contribution < 1.29 is 14.3 Å². The Hall–Kier alpha value is -1.06. The number of Topliss-reactive ketones (excluding diaryl/α,β-unsaturated/α-hetero) is 1. The summed E-state index contributed by atoms with van der Waals surface area (Å²) in [6, 6.07) is -0.478. The molecule has 0 heterocycles. The molecule has 1 amide bonds. The lowest BCUT2D eigenvalue weighted by Crippen LogP contribution is -2.49. The molecule has 1 aliphatic carbocycles. The Kier molecular flexibility index (Phi) is 10.1. The Morgan fingerprint density at radius 1 is 1.09 bits per heavy atom. The van der Waals surface area contributed by atoms with Crippen molar-refractivity contribution in [1.29, 1.82) is 0 Å². The first-order valence-corrected chi connectivity index (χ1v) is 8.76. The molecule has 4 heteroatoms. The van der Waals surface area contributed by atoms with E-state index in [1.165, 1.54) is 12.8 Å². The zero-order valence-corrected chi connectivity index (χ0v) is 15.3. The highest BCUT2D eigenvalue weighted by atomic mass is 16.6. The average molecular weight is 313 g/mol. The number of hydrogen-bond donors (Lipinski definition) is 1. The maximum atomic E-state index is 11.9. The van der Waals surface area contributed by atoms with Gasteiger partial charge in [0, 0.05) is 6.42 Å². The highest BCUT2D eigenvalue weighted by Crippen LogP contribution is 2.23. The minimum Gasteiger partial charge on any atom is -0.446 e. The second kappa shape index (κ2) is 10.6. The molecule has 1 rings (SSSR count). The second-order valence-corrected chi connectivity index (χ2v) is 7.14. The maximum absolute atomic E-state index is 11.9. The van der Waals surface area contributed by atoms with Gasteiger partial charge in [0.05, 0.1) is 6.04 Å². The fraction of sp³-hybridized carbons (Fsp3) is 0.889. The summed E-state index contributed by atoms with van der Waals surface area (Å²) >= 11 is 0. The number of rotatable bonds is 4. The van der Waals surface area contributed by atoms with Crippen molar-refractivity contribution in [2.24, 2.45) is 5.41 Å². The summed E-state index contributed by atoms with van der Waals surface area (Å²) < 4.78 is 5.41. The molecule has 0 saturated heterocycles. The molecule has 1 unspecified atom stereocenters. The van der Waals surface area contributed by atoms with Crippen molar-refractivity contribution in [2.75, 3.05) is 0 Å². The molecule has 0 aliphatic heterocycles. The van der Waals surface area contributed by atoms with Crippen LogP contribution in [-0.2, 0) is 9.53 Å². The standard InChI is InChI=1S/C15H27NO3.C3H8/c1-5-12(17)13(15(2,3)4)16-14(18)19-11-9-7-6-8-10-11;1-3-2/h11,13H,5-10H2,1-4H3,(H,16,18);3H2,1-2H3. The molecule has 22 heavy (non-hydrogen) atoms. The summed E-state index contributed by atoms with van der Waals surface area (Å²) in [5.41, 5.74) is -0.293. The Morgan fingerprint density at radius 3 is 2.00 bits per heavy atom. The normalized spacial score (nSPS) is 17.0. The fourth-order valence-corrected chi connectivity index (χ4v) is 2.47. The third-order valence-electron chi connectivity index (χ3n) is 3.62. The summed E-state index contributed by atoms with van der Waals surface area (Å²) in [5, 5.41) is 2.74. The summed E-state index contributed by atoms with van der Waals surface area (Å²) in [4.78, 5) is 23.8. The number of ketones is 1. The van der Waals surface area contributed by atoms with E-state index in [1.807, 2.05) is 27.7 Å². The van der Waals surface area contributed by atoms with Gasteiger partial charge in [-0.25, -0.2) is 4.79 Å². The molecule has 1 saturated carbocycles. The lowest BCUT2D eigenvalue weighted by atomic mass is 9.83. The van der Waals surface area contributed by atoms with Crippen molar-refractivity contribution >= 4 is 11.9 Å². The maximum Gasteiger partial charge on any atom is 0.408 e. The summed E-state index contributed by atoms with van der Waals surface area (Å²) in [5.74, 6) is 0.0492. The number of alkyl carbamates (subject to hydrolysis) is 1. The van der Waals surface area contributed by atoms with Crippen LogP contribution in [0.1, 0.15) is 86.5 Å². The van der Waals surface area contributed by atoms with Crippen LogP contribution in [0.15, 0.2) is 0 Å². The summed E-state index contributed by atoms with van der Waals surface area (Å²) in [6.07, 6.45) is 6.58. The Balaban J connectivity index is 0.00000135.